The van der Waals surface area contributed by atoms with Gasteiger partial charge in [0.25, 0.3) is 0 Å². The van der Waals surface area contributed by atoms with E-state index in [9.17, 15) is 0 Å². The van der Waals surface area contributed by atoms with E-state index in [0.717, 1.165) is 6.54 Å². The molecule has 246 valence electrons. The third-order valence-corrected chi connectivity index (χ3v) is 9.05. The average Bonchev–Trinajstić information content (AvgIpc) is 2.98. The van der Waals surface area contributed by atoms with Gasteiger partial charge in [-0.25, -0.2) is 10.0 Å². The van der Waals surface area contributed by atoms with Gasteiger partial charge in [0.1, 0.15) is 0 Å². The van der Waals surface area contributed by atoms with E-state index in [1.165, 1.54) is 212 Å². The SMILES string of the molecule is C=CCN(CCCCCCCCCCCC)N(CCCCCCCCCCCC)CCCCCCCCCCCC. The van der Waals surface area contributed by atoms with Crippen LogP contribution in [0.3, 0.4) is 0 Å². The minimum atomic E-state index is 1.02. The molecule has 0 fully saturated rings. The van der Waals surface area contributed by atoms with Crippen molar-refractivity contribution in [2.24, 2.45) is 0 Å². The molecule has 0 aliphatic carbocycles. The summed E-state index contributed by atoms with van der Waals surface area (Å²) in [5, 5.41) is 5.41. The minimum Gasteiger partial charge on any atom is -0.241 e. The molecule has 0 amide bonds. The Morgan fingerprint density at radius 1 is 0.317 bits per heavy atom. The molecule has 0 radical (unpaired) electrons. The predicted octanol–water partition coefficient (Wildman–Crippen LogP) is 13.5. The molecule has 0 unspecified atom stereocenters. The van der Waals surface area contributed by atoms with E-state index in [1.807, 2.05) is 0 Å². The Kier molecular flexibility index (Phi) is 35.6. The highest BCUT2D eigenvalue weighted by atomic mass is 15.6. The minimum absolute atomic E-state index is 1.02. The molecule has 0 saturated carbocycles. The molecule has 0 N–H and O–H groups in total. The van der Waals surface area contributed by atoms with E-state index < -0.39 is 0 Å². The Morgan fingerprint density at radius 3 is 0.780 bits per heavy atom. The summed E-state index contributed by atoms with van der Waals surface area (Å²) in [7, 11) is 0. The second-order valence-electron chi connectivity index (χ2n) is 13.2. The molecule has 0 aromatic carbocycles. The normalized spacial score (nSPS) is 11.7. The highest BCUT2D eigenvalue weighted by Gasteiger charge is 2.13. The Balaban J connectivity index is 4.33. The van der Waals surface area contributed by atoms with Gasteiger partial charge in [-0.3, -0.25) is 0 Å². The van der Waals surface area contributed by atoms with Crippen molar-refractivity contribution >= 4 is 0 Å². The summed E-state index contributed by atoms with van der Waals surface area (Å²) in [6.45, 7) is 15.8. The first kappa shape index (κ1) is 40.7. The van der Waals surface area contributed by atoms with Crippen LogP contribution in [0.25, 0.3) is 0 Å². The predicted molar refractivity (Wildman–Crippen MR) is 189 cm³/mol. The maximum Gasteiger partial charge on any atom is 0.0311 e. The topological polar surface area (TPSA) is 6.48 Å². The summed E-state index contributed by atoms with van der Waals surface area (Å²) in [5.74, 6) is 0. The zero-order valence-electron chi connectivity index (χ0n) is 29.2. The van der Waals surface area contributed by atoms with Gasteiger partial charge in [0.2, 0.25) is 0 Å². The Bertz CT molecular complexity index is 452. The zero-order chi connectivity index (χ0) is 29.9. The van der Waals surface area contributed by atoms with E-state index in [-0.39, 0.29) is 0 Å². The molecule has 2 heteroatoms. The van der Waals surface area contributed by atoms with Gasteiger partial charge in [0.15, 0.2) is 0 Å². The van der Waals surface area contributed by atoms with Gasteiger partial charge >= 0.3 is 0 Å². The van der Waals surface area contributed by atoms with E-state index in [0.29, 0.717) is 0 Å². The van der Waals surface area contributed by atoms with Crippen LogP contribution in [0.15, 0.2) is 12.7 Å². The molecule has 0 aromatic rings. The van der Waals surface area contributed by atoms with Crippen LogP contribution in [-0.4, -0.2) is 36.2 Å². The summed E-state index contributed by atoms with van der Waals surface area (Å²) in [6.07, 6.45) is 44.8. The number of rotatable bonds is 36. The highest BCUT2D eigenvalue weighted by Crippen LogP contribution is 2.15. The molecule has 0 rings (SSSR count). The van der Waals surface area contributed by atoms with Gasteiger partial charge in [0.05, 0.1) is 0 Å². The first-order valence-corrected chi connectivity index (χ1v) is 19.4. The summed E-state index contributed by atoms with van der Waals surface area (Å²) in [4.78, 5) is 0. The lowest BCUT2D eigenvalue weighted by atomic mass is 10.1. The lowest BCUT2D eigenvalue weighted by molar-refractivity contribution is -0.0193. The Labute approximate surface area is 261 Å². The van der Waals surface area contributed by atoms with Crippen LogP contribution in [0, 0.1) is 0 Å². The summed E-state index contributed by atoms with van der Waals surface area (Å²) < 4.78 is 0. The molecule has 0 bridgehead atoms. The molecular formula is C39H80N2. The smallest absolute Gasteiger partial charge is 0.0311 e. The molecule has 0 saturated heterocycles. The van der Waals surface area contributed by atoms with E-state index in [1.54, 1.807) is 0 Å². The fourth-order valence-corrected chi connectivity index (χ4v) is 6.24. The third kappa shape index (κ3) is 30.9. The van der Waals surface area contributed by atoms with E-state index >= 15 is 0 Å². The van der Waals surface area contributed by atoms with Crippen LogP contribution in [-0.2, 0) is 0 Å². The van der Waals surface area contributed by atoms with Crippen LogP contribution in [0.2, 0.25) is 0 Å². The van der Waals surface area contributed by atoms with Crippen molar-refractivity contribution in [3.8, 4) is 0 Å². The molecule has 0 heterocycles. The number of hydrogen-bond acceptors (Lipinski definition) is 2. The maximum absolute atomic E-state index is 4.13. The summed E-state index contributed by atoms with van der Waals surface area (Å²) in [6, 6.07) is 0. The summed E-state index contributed by atoms with van der Waals surface area (Å²) >= 11 is 0. The van der Waals surface area contributed by atoms with Crippen molar-refractivity contribution in [3.05, 3.63) is 12.7 Å². The van der Waals surface area contributed by atoms with Crippen molar-refractivity contribution < 1.29 is 0 Å². The fourth-order valence-electron chi connectivity index (χ4n) is 6.24. The maximum atomic E-state index is 4.13. The second kappa shape index (κ2) is 35.9. The van der Waals surface area contributed by atoms with Crippen molar-refractivity contribution in [1.82, 2.24) is 10.0 Å². The largest absolute Gasteiger partial charge is 0.241 e. The number of hydrazine groups is 1. The van der Waals surface area contributed by atoms with Crippen LogP contribution >= 0.6 is 0 Å². The second-order valence-corrected chi connectivity index (χ2v) is 13.2. The van der Waals surface area contributed by atoms with E-state index in [4.69, 9.17) is 0 Å². The quantitative estimate of drug-likeness (QED) is 0.0416. The standard InChI is InChI=1S/C39H80N2/c1-5-9-12-15-18-21-24-27-30-33-37-40(36-8-4)41(38-34-31-28-25-22-19-16-13-10-6-2)39-35-32-29-26-23-20-17-14-11-7-3/h8H,4-7,9-39H2,1-3H3. The summed E-state index contributed by atoms with van der Waals surface area (Å²) in [5.41, 5.74) is 0. The van der Waals surface area contributed by atoms with Crippen LogP contribution in [0.1, 0.15) is 213 Å². The molecule has 2 nitrogen and oxygen atoms in total. The number of nitrogens with zero attached hydrogens (tertiary/aromatic N) is 2. The first-order valence-electron chi connectivity index (χ1n) is 19.4. The monoisotopic (exact) mass is 577 g/mol. The van der Waals surface area contributed by atoms with Gasteiger partial charge in [0, 0.05) is 26.2 Å². The Hall–Kier alpha value is -0.340. The van der Waals surface area contributed by atoms with Gasteiger partial charge in [-0.15, -0.1) is 6.58 Å². The van der Waals surface area contributed by atoms with Crippen LogP contribution in [0.4, 0.5) is 0 Å². The average molecular weight is 577 g/mol. The van der Waals surface area contributed by atoms with Crippen LogP contribution in [0.5, 0.6) is 0 Å². The third-order valence-electron chi connectivity index (χ3n) is 9.05. The zero-order valence-corrected chi connectivity index (χ0v) is 29.2. The highest BCUT2D eigenvalue weighted by molar-refractivity contribution is 4.73. The Morgan fingerprint density at radius 2 is 0.537 bits per heavy atom. The first-order chi connectivity index (χ1) is 20.3. The molecule has 41 heavy (non-hydrogen) atoms. The molecule has 0 atom stereocenters. The lowest BCUT2D eigenvalue weighted by Gasteiger charge is -2.35. The molecule has 0 spiro atoms. The number of unbranched alkanes of at least 4 members (excludes halogenated alkanes) is 27. The van der Waals surface area contributed by atoms with Crippen molar-refractivity contribution in [2.45, 2.75) is 213 Å². The van der Waals surface area contributed by atoms with Crippen molar-refractivity contribution in [3.63, 3.8) is 0 Å². The van der Waals surface area contributed by atoms with Crippen molar-refractivity contribution in [2.75, 3.05) is 26.2 Å². The molecule has 0 aliphatic rings. The van der Waals surface area contributed by atoms with Gasteiger partial charge < -0.3 is 0 Å². The van der Waals surface area contributed by atoms with Crippen molar-refractivity contribution in [1.29, 1.82) is 0 Å². The van der Waals surface area contributed by atoms with Crippen LogP contribution < -0.4 is 0 Å². The molecule has 0 aromatic heterocycles. The van der Waals surface area contributed by atoms with Gasteiger partial charge in [-0.1, -0.05) is 200 Å². The lowest BCUT2D eigenvalue weighted by Crippen LogP contribution is -2.44. The fraction of sp³-hybridized carbons (Fsp3) is 0.949. The van der Waals surface area contributed by atoms with Gasteiger partial charge in [-0.2, -0.15) is 0 Å². The molecular weight excluding hydrogens is 496 g/mol. The number of hydrogen-bond donors (Lipinski definition) is 0. The molecule has 0 aliphatic heterocycles. The van der Waals surface area contributed by atoms with Gasteiger partial charge in [-0.05, 0) is 19.3 Å². The van der Waals surface area contributed by atoms with E-state index in [2.05, 4.69) is 43.4 Å².